The van der Waals surface area contributed by atoms with E-state index in [0.29, 0.717) is 12.0 Å². The third-order valence-electron chi connectivity index (χ3n) is 3.45. The maximum absolute atomic E-state index is 6.04. The maximum atomic E-state index is 6.04. The van der Waals surface area contributed by atoms with Crippen LogP contribution in [0.2, 0.25) is 0 Å². The average Bonchev–Trinajstić information content (AvgIpc) is 2.29. The van der Waals surface area contributed by atoms with Crippen LogP contribution in [0.5, 0.6) is 0 Å². The molecule has 0 aliphatic carbocycles. The molecule has 0 bridgehead atoms. The Bertz CT molecular complexity index is 401. The van der Waals surface area contributed by atoms with Crippen molar-refractivity contribution in [1.82, 2.24) is 4.90 Å². The highest BCUT2D eigenvalue weighted by Crippen LogP contribution is 2.25. The lowest BCUT2D eigenvalue weighted by Gasteiger charge is -2.35. The molecule has 102 valence electrons. The van der Waals surface area contributed by atoms with Crippen molar-refractivity contribution in [3.63, 3.8) is 0 Å². The smallest absolute Gasteiger partial charge is 0.0320 e. The third kappa shape index (κ3) is 4.20. The van der Waals surface area contributed by atoms with Crippen LogP contribution in [-0.4, -0.2) is 24.0 Å². The fourth-order valence-corrected chi connectivity index (χ4v) is 2.96. The number of nitrogens with two attached hydrogens (primary N) is 1. The fourth-order valence-electron chi connectivity index (χ4n) is 2.29. The lowest BCUT2D eigenvalue weighted by atomic mass is 9.94. The lowest BCUT2D eigenvalue weighted by molar-refractivity contribution is 0.158. The zero-order valence-corrected chi connectivity index (χ0v) is 14.4. The second-order valence-corrected chi connectivity index (χ2v) is 6.62. The molecule has 0 saturated carbocycles. The Morgan fingerprint density at radius 3 is 2.67 bits per heavy atom. The summed E-state index contributed by atoms with van der Waals surface area (Å²) in [5.74, 6) is 0.600. The predicted molar refractivity (Wildman–Crippen MR) is 86.1 cm³/mol. The van der Waals surface area contributed by atoms with Gasteiger partial charge >= 0.3 is 0 Å². The minimum Gasteiger partial charge on any atom is -0.327 e. The van der Waals surface area contributed by atoms with Gasteiger partial charge in [0.15, 0.2) is 0 Å². The number of likely N-dealkylation sites (tertiary alicyclic amines) is 1. The molecular formula is C13H19Br2ClN2. The molecule has 2 N–H and O–H groups in total. The summed E-state index contributed by atoms with van der Waals surface area (Å²) in [4.78, 5) is 2.49. The van der Waals surface area contributed by atoms with Crippen molar-refractivity contribution in [2.45, 2.75) is 25.9 Å². The van der Waals surface area contributed by atoms with Gasteiger partial charge in [-0.2, -0.15) is 0 Å². The van der Waals surface area contributed by atoms with Crippen molar-refractivity contribution in [2.24, 2.45) is 11.7 Å². The summed E-state index contributed by atoms with van der Waals surface area (Å²) >= 11 is 7.04. The van der Waals surface area contributed by atoms with Crippen molar-refractivity contribution >= 4 is 44.3 Å². The van der Waals surface area contributed by atoms with Crippen molar-refractivity contribution in [1.29, 1.82) is 0 Å². The molecule has 0 radical (unpaired) electrons. The minimum atomic E-state index is 0. The van der Waals surface area contributed by atoms with Gasteiger partial charge in [-0.25, -0.2) is 0 Å². The van der Waals surface area contributed by atoms with Gasteiger partial charge in [0.1, 0.15) is 0 Å². The molecule has 5 heteroatoms. The van der Waals surface area contributed by atoms with Gasteiger partial charge in [0, 0.05) is 28.1 Å². The van der Waals surface area contributed by atoms with Crippen LogP contribution < -0.4 is 5.73 Å². The molecular weight excluding hydrogens is 379 g/mol. The van der Waals surface area contributed by atoms with Crippen molar-refractivity contribution in [3.8, 4) is 0 Å². The Morgan fingerprint density at radius 1 is 1.33 bits per heavy atom. The molecule has 0 aromatic heterocycles. The van der Waals surface area contributed by atoms with Gasteiger partial charge in [-0.15, -0.1) is 12.4 Å². The van der Waals surface area contributed by atoms with Crippen molar-refractivity contribution in [3.05, 3.63) is 32.7 Å². The molecule has 2 atom stereocenters. The molecule has 1 aromatic rings. The summed E-state index contributed by atoms with van der Waals surface area (Å²) < 4.78 is 2.23. The Kier molecular flexibility index (Phi) is 6.62. The van der Waals surface area contributed by atoms with E-state index in [0.717, 1.165) is 35.0 Å². The quantitative estimate of drug-likeness (QED) is 0.821. The molecule has 0 amide bonds. The van der Waals surface area contributed by atoms with Gasteiger partial charge < -0.3 is 5.73 Å². The predicted octanol–water partition coefficient (Wildman–Crippen LogP) is 3.80. The van der Waals surface area contributed by atoms with E-state index in [1.807, 2.05) is 0 Å². The van der Waals surface area contributed by atoms with Crippen LogP contribution >= 0.6 is 44.3 Å². The van der Waals surface area contributed by atoms with Gasteiger partial charge in [0.05, 0.1) is 0 Å². The molecule has 1 saturated heterocycles. The largest absolute Gasteiger partial charge is 0.327 e. The van der Waals surface area contributed by atoms with Crippen molar-refractivity contribution in [2.75, 3.05) is 13.1 Å². The fraction of sp³-hybridized carbons (Fsp3) is 0.538. The highest BCUT2D eigenvalue weighted by atomic mass is 79.9. The maximum Gasteiger partial charge on any atom is 0.0320 e. The molecule has 2 nitrogen and oxygen atoms in total. The first-order valence-corrected chi connectivity index (χ1v) is 7.56. The molecule has 1 aliphatic rings. The van der Waals surface area contributed by atoms with Crippen molar-refractivity contribution < 1.29 is 0 Å². The number of halogens is 3. The molecule has 2 rings (SSSR count). The van der Waals surface area contributed by atoms with E-state index in [9.17, 15) is 0 Å². The number of rotatable bonds is 2. The highest BCUT2D eigenvalue weighted by Gasteiger charge is 2.22. The first-order chi connectivity index (χ1) is 8.06. The minimum absolute atomic E-state index is 0. The number of benzene rings is 1. The van der Waals surface area contributed by atoms with E-state index < -0.39 is 0 Å². The van der Waals surface area contributed by atoms with Crippen LogP contribution in [0.15, 0.2) is 27.1 Å². The second-order valence-electron chi connectivity index (χ2n) is 4.91. The van der Waals surface area contributed by atoms with Gasteiger partial charge in [0.2, 0.25) is 0 Å². The summed E-state index contributed by atoms with van der Waals surface area (Å²) in [6.45, 7) is 5.48. The van der Waals surface area contributed by atoms with E-state index in [2.05, 4.69) is 61.9 Å². The molecule has 2 unspecified atom stereocenters. The topological polar surface area (TPSA) is 29.3 Å². The monoisotopic (exact) mass is 396 g/mol. The highest BCUT2D eigenvalue weighted by molar-refractivity contribution is 9.13. The van der Waals surface area contributed by atoms with Gasteiger partial charge in [-0.3, -0.25) is 4.90 Å². The number of hydrogen-bond donors (Lipinski definition) is 1. The summed E-state index contributed by atoms with van der Waals surface area (Å²) in [7, 11) is 0. The van der Waals surface area contributed by atoms with Crippen LogP contribution in [0.3, 0.4) is 0 Å². The molecule has 1 fully saturated rings. The van der Waals surface area contributed by atoms with E-state index in [4.69, 9.17) is 5.73 Å². The Balaban J connectivity index is 0.00000162. The van der Waals surface area contributed by atoms with Gasteiger partial charge in [0.25, 0.3) is 0 Å². The van der Waals surface area contributed by atoms with Crippen LogP contribution in [0, 0.1) is 5.92 Å². The Hall–Kier alpha value is 0.390. The summed E-state index contributed by atoms with van der Waals surface area (Å²) in [5, 5.41) is 0. The Labute approximate surface area is 132 Å². The van der Waals surface area contributed by atoms with E-state index >= 15 is 0 Å². The number of piperidine rings is 1. The van der Waals surface area contributed by atoms with Crippen LogP contribution in [0.1, 0.15) is 18.9 Å². The average molecular weight is 399 g/mol. The number of hydrogen-bond acceptors (Lipinski definition) is 2. The SMILES string of the molecule is CC1CN(Cc2ccc(Br)c(Br)c2)CCC1N.Cl. The third-order valence-corrected chi connectivity index (χ3v) is 5.33. The summed E-state index contributed by atoms with van der Waals surface area (Å²) in [5.41, 5.74) is 7.39. The Morgan fingerprint density at radius 2 is 2.06 bits per heavy atom. The van der Waals surface area contributed by atoms with Gasteiger partial charge in [-0.05, 0) is 68.4 Å². The molecule has 1 heterocycles. The van der Waals surface area contributed by atoms with E-state index in [1.165, 1.54) is 5.56 Å². The second kappa shape index (κ2) is 7.25. The van der Waals surface area contributed by atoms with E-state index in [1.54, 1.807) is 0 Å². The van der Waals surface area contributed by atoms with E-state index in [-0.39, 0.29) is 12.4 Å². The van der Waals surface area contributed by atoms with Gasteiger partial charge in [-0.1, -0.05) is 13.0 Å². The molecule has 1 aromatic carbocycles. The molecule has 18 heavy (non-hydrogen) atoms. The zero-order chi connectivity index (χ0) is 12.4. The standard InChI is InChI=1S/C13H18Br2N2.ClH/c1-9-7-17(5-4-13(9)16)8-10-2-3-11(14)12(15)6-10;/h2-3,6,9,13H,4-5,7-8,16H2,1H3;1H. The molecule has 1 aliphatic heterocycles. The summed E-state index contributed by atoms with van der Waals surface area (Å²) in [6, 6.07) is 6.83. The van der Waals surface area contributed by atoms with Crippen LogP contribution in [0.25, 0.3) is 0 Å². The first-order valence-electron chi connectivity index (χ1n) is 5.98. The van der Waals surface area contributed by atoms with Crippen LogP contribution in [-0.2, 0) is 6.54 Å². The lowest BCUT2D eigenvalue weighted by Crippen LogP contribution is -2.45. The normalized spacial score (nSPS) is 24.7. The first kappa shape index (κ1) is 16.4. The molecule has 0 spiro atoms. The summed E-state index contributed by atoms with van der Waals surface area (Å²) in [6.07, 6.45) is 1.11. The van der Waals surface area contributed by atoms with Crippen LogP contribution in [0.4, 0.5) is 0 Å². The number of nitrogens with zero attached hydrogens (tertiary/aromatic N) is 1. The zero-order valence-electron chi connectivity index (χ0n) is 10.4.